The number of fused-ring (bicyclic) bond motifs is 1. The van der Waals surface area contributed by atoms with Crippen molar-refractivity contribution >= 4 is 29.3 Å². The lowest BCUT2D eigenvalue weighted by Gasteiger charge is -2.40. The minimum absolute atomic E-state index is 0.0102. The number of benzene rings is 1. The van der Waals surface area contributed by atoms with Crippen LogP contribution in [0.25, 0.3) is 0 Å². The number of allylic oxidation sites excluding steroid dienone is 1. The van der Waals surface area contributed by atoms with E-state index in [0.29, 0.717) is 49.3 Å². The van der Waals surface area contributed by atoms with Gasteiger partial charge in [0.15, 0.2) is 28.9 Å². The number of hydrogen-bond donors (Lipinski definition) is 0. The van der Waals surface area contributed by atoms with E-state index in [-0.39, 0.29) is 48.8 Å². The first-order chi connectivity index (χ1) is 20.4. The molecule has 2 aliphatic rings. The predicted octanol–water partition coefficient (Wildman–Crippen LogP) is 5.66. The first-order valence-electron chi connectivity index (χ1n) is 14.2. The standard InChI is InChI=1S/C31H38F2N4O6/c1-7-22(38)9-8-21-14-23-20(16-34-21)18-37(28-26(32)24(41-5)15-25(42-6)27(28)33)29(39)36(23)17-19-10-12-35(13-11-19)30(40)43-31(2,3)4/h7,14-16,19H,1,8-13,17-18H2,2-6H3. The molecule has 12 heteroatoms. The SMILES string of the molecule is C=CC(=O)CCc1cc2c(cn1)CN(c1c(F)c(OC)cc(OC)c1F)C(=O)N2CC1CCN(C(=O)OC(C)(C)C)CC1. The van der Waals surface area contributed by atoms with Gasteiger partial charge in [0.05, 0.1) is 26.5 Å². The Labute approximate surface area is 250 Å². The summed E-state index contributed by atoms with van der Waals surface area (Å²) in [5, 5.41) is 0. The fourth-order valence-corrected chi connectivity index (χ4v) is 5.21. The third-order valence-corrected chi connectivity index (χ3v) is 7.48. The molecule has 0 saturated carbocycles. The average molecular weight is 601 g/mol. The molecule has 2 aromatic rings. The van der Waals surface area contributed by atoms with Gasteiger partial charge >= 0.3 is 12.1 Å². The van der Waals surface area contributed by atoms with E-state index in [1.54, 1.807) is 17.2 Å². The Morgan fingerprint density at radius 2 is 1.72 bits per heavy atom. The zero-order chi connectivity index (χ0) is 31.5. The minimum Gasteiger partial charge on any atom is -0.493 e. The molecule has 1 saturated heterocycles. The number of amides is 3. The zero-order valence-corrected chi connectivity index (χ0v) is 25.2. The lowest BCUT2D eigenvalue weighted by molar-refractivity contribution is -0.114. The van der Waals surface area contributed by atoms with Crippen LogP contribution in [0.3, 0.4) is 0 Å². The Balaban J connectivity index is 1.66. The van der Waals surface area contributed by atoms with Crippen LogP contribution in [0.1, 0.15) is 51.3 Å². The maximum atomic E-state index is 15.5. The topological polar surface area (TPSA) is 102 Å². The fraction of sp³-hybridized carbons (Fsp3) is 0.484. The number of aryl methyl sites for hydroxylation is 1. The van der Waals surface area contributed by atoms with Crippen molar-refractivity contribution in [1.29, 1.82) is 0 Å². The van der Waals surface area contributed by atoms with Crippen molar-refractivity contribution in [3.63, 3.8) is 0 Å². The summed E-state index contributed by atoms with van der Waals surface area (Å²) in [6.07, 6.45) is 4.17. The molecule has 4 rings (SSSR count). The molecule has 3 heterocycles. The number of pyridine rings is 1. The molecule has 0 unspecified atom stereocenters. The Hall–Kier alpha value is -4.22. The monoisotopic (exact) mass is 600 g/mol. The number of aromatic nitrogens is 1. The van der Waals surface area contributed by atoms with Gasteiger partial charge in [-0.05, 0) is 58.1 Å². The van der Waals surface area contributed by atoms with E-state index in [2.05, 4.69) is 11.6 Å². The van der Waals surface area contributed by atoms with Crippen LogP contribution >= 0.6 is 0 Å². The number of urea groups is 1. The largest absolute Gasteiger partial charge is 0.493 e. The predicted molar refractivity (Wildman–Crippen MR) is 157 cm³/mol. The van der Waals surface area contributed by atoms with E-state index in [1.165, 1.54) is 25.2 Å². The van der Waals surface area contributed by atoms with E-state index >= 15 is 8.78 Å². The number of ketones is 1. The molecule has 3 amide bonds. The maximum absolute atomic E-state index is 15.5. The molecule has 10 nitrogen and oxygen atoms in total. The Bertz CT molecular complexity index is 1370. The molecule has 0 radical (unpaired) electrons. The molecule has 232 valence electrons. The van der Waals surface area contributed by atoms with Gasteiger partial charge in [-0.2, -0.15) is 0 Å². The number of methoxy groups -OCH3 is 2. The second-order valence-electron chi connectivity index (χ2n) is 11.6. The summed E-state index contributed by atoms with van der Waals surface area (Å²) < 4.78 is 46.8. The van der Waals surface area contributed by atoms with Gasteiger partial charge in [0.25, 0.3) is 0 Å². The quantitative estimate of drug-likeness (QED) is 0.343. The van der Waals surface area contributed by atoms with E-state index in [9.17, 15) is 14.4 Å². The molecular weight excluding hydrogens is 562 g/mol. The number of halogens is 2. The number of carbonyl (C=O) groups excluding carboxylic acids is 3. The summed E-state index contributed by atoms with van der Waals surface area (Å²) in [5.74, 6) is -2.75. The molecule has 0 N–H and O–H groups in total. The smallest absolute Gasteiger partial charge is 0.410 e. The second-order valence-corrected chi connectivity index (χ2v) is 11.6. The summed E-state index contributed by atoms with van der Waals surface area (Å²) >= 11 is 0. The number of likely N-dealkylation sites (tertiary alicyclic amines) is 1. The third-order valence-electron chi connectivity index (χ3n) is 7.48. The Morgan fingerprint density at radius 3 is 2.28 bits per heavy atom. The molecule has 1 fully saturated rings. The van der Waals surface area contributed by atoms with E-state index in [1.807, 2.05) is 20.8 Å². The molecular formula is C31H38F2N4O6. The van der Waals surface area contributed by atoms with Crippen LogP contribution < -0.4 is 19.3 Å². The highest BCUT2D eigenvalue weighted by Gasteiger charge is 2.38. The van der Waals surface area contributed by atoms with Crippen LogP contribution in [0, 0.1) is 17.6 Å². The highest BCUT2D eigenvalue weighted by atomic mass is 19.1. The summed E-state index contributed by atoms with van der Waals surface area (Å²) in [6.45, 7) is 9.91. The number of ether oxygens (including phenoxy) is 3. The summed E-state index contributed by atoms with van der Waals surface area (Å²) in [7, 11) is 2.48. The molecule has 43 heavy (non-hydrogen) atoms. The normalized spacial score (nSPS) is 15.7. The Morgan fingerprint density at radius 1 is 1.09 bits per heavy atom. The first kappa shape index (κ1) is 31.7. The Kier molecular flexibility index (Phi) is 9.56. The van der Waals surface area contributed by atoms with Crippen molar-refractivity contribution < 1.29 is 37.4 Å². The van der Waals surface area contributed by atoms with Gasteiger partial charge < -0.3 is 19.1 Å². The van der Waals surface area contributed by atoms with Gasteiger partial charge in [0.1, 0.15) is 11.3 Å². The van der Waals surface area contributed by atoms with E-state index in [4.69, 9.17) is 14.2 Å². The highest BCUT2D eigenvalue weighted by molar-refractivity contribution is 6.06. The first-order valence-corrected chi connectivity index (χ1v) is 14.2. The molecule has 0 aliphatic carbocycles. The van der Waals surface area contributed by atoms with Crippen LogP contribution in [-0.2, 0) is 22.5 Å². The minimum atomic E-state index is -1.03. The van der Waals surface area contributed by atoms with Gasteiger partial charge in [-0.25, -0.2) is 18.4 Å². The average Bonchev–Trinajstić information content (AvgIpc) is 2.97. The molecule has 2 aliphatic heterocycles. The van der Waals surface area contributed by atoms with Crippen LogP contribution in [0.5, 0.6) is 11.5 Å². The van der Waals surface area contributed by atoms with E-state index in [0.717, 1.165) is 11.0 Å². The van der Waals surface area contributed by atoms with Crippen LogP contribution in [0.2, 0.25) is 0 Å². The lowest BCUT2D eigenvalue weighted by atomic mass is 9.95. The van der Waals surface area contributed by atoms with Crippen molar-refractivity contribution in [3.8, 4) is 11.5 Å². The summed E-state index contributed by atoms with van der Waals surface area (Å²) in [6, 6.07) is 2.20. The molecule has 0 spiro atoms. The van der Waals surface area contributed by atoms with Crippen molar-refractivity contribution in [2.45, 2.75) is 58.6 Å². The second kappa shape index (κ2) is 13.0. The van der Waals surface area contributed by atoms with Crippen molar-refractivity contribution in [2.24, 2.45) is 5.92 Å². The highest BCUT2D eigenvalue weighted by Crippen LogP contribution is 2.41. The molecule has 0 atom stereocenters. The number of hydrogen-bond acceptors (Lipinski definition) is 7. The molecule has 1 aromatic heterocycles. The van der Waals surface area contributed by atoms with Gasteiger partial charge in [-0.3, -0.25) is 19.6 Å². The lowest BCUT2D eigenvalue weighted by Crippen LogP contribution is -2.51. The summed E-state index contributed by atoms with van der Waals surface area (Å²) in [5.41, 5.74) is 0.529. The van der Waals surface area contributed by atoms with Crippen molar-refractivity contribution in [3.05, 3.63) is 53.9 Å². The molecule has 1 aromatic carbocycles. The van der Waals surface area contributed by atoms with E-state index < -0.39 is 29.0 Å². The molecule has 0 bridgehead atoms. The number of carbonyl (C=O) groups is 3. The van der Waals surface area contributed by atoms with Gasteiger partial charge in [0, 0.05) is 49.6 Å². The number of nitrogens with zero attached hydrogens (tertiary/aromatic N) is 4. The number of rotatable bonds is 9. The fourth-order valence-electron chi connectivity index (χ4n) is 5.21. The van der Waals surface area contributed by atoms with Gasteiger partial charge in [-0.1, -0.05) is 6.58 Å². The number of piperidine rings is 1. The number of anilines is 2. The van der Waals surface area contributed by atoms with Crippen molar-refractivity contribution in [2.75, 3.05) is 43.7 Å². The van der Waals surface area contributed by atoms with Gasteiger partial charge in [0.2, 0.25) is 0 Å². The zero-order valence-electron chi connectivity index (χ0n) is 25.2. The van der Waals surface area contributed by atoms with Crippen molar-refractivity contribution in [1.82, 2.24) is 9.88 Å². The van der Waals surface area contributed by atoms with Crippen LogP contribution in [-0.4, -0.2) is 67.2 Å². The van der Waals surface area contributed by atoms with Crippen LogP contribution in [0.15, 0.2) is 31.0 Å². The maximum Gasteiger partial charge on any atom is 0.410 e. The third kappa shape index (κ3) is 7.06. The van der Waals surface area contributed by atoms with Crippen LogP contribution in [0.4, 0.5) is 29.7 Å². The van der Waals surface area contributed by atoms with Gasteiger partial charge in [-0.15, -0.1) is 0 Å². The summed E-state index contributed by atoms with van der Waals surface area (Å²) in [4.78, 5) is 47.1.